The van der Waals surface area contributed by atoms with Crippen LogP contribution in [0.3, 0.4) is 0 Å². The zero-order valence-electron chi connectivity index (χ0n) is 16.9. The van der Waals surface area contributed by atoms with Gasteiger partial charge in [-0.1, -0.05) is 18.2 Å². The van der Waals surface area contributed by atoms with Crippen molar-refractivity contribution in [1.82, 2.24) is 9.71 Å². The first kappa shape index (κ1) is 19.6. The van der Waals surface area contributed by atoms with Gasteiger partial charge in [0.05, 0.1) is 4.90 Å². The summed E-state index contributed by atoms with van der Waals surface area (Å²) < 4.78 is 29.2. The first-order valence-corrected chi connectivity index (χ1v) is 10.8. The van der Waals surface area contributed by atoms with E-state index in [4.69, 9.17) is 0 Å². The number of aromatic amines is 1. The van der Waals surface area contributed by atoms with E-state index in [1.54, 1.807) is 0 Å². The Balaban J connectivity index is 1.91. The quantitative estimate of drug-likeness (QED) is 0.674. The van der Waals surface area contributed by atoms with E-state index in [2.05, 4.69) is 15.8 Å². The molecule has 0 fully saturated rings. The Kier molecular flexibility index (Phi) is 5.19. The van der Waals surface area contributed by atoms with E-state index in [1.165, 1.54) is 0 Å². The Labute approximate surface area is 162 Å². The zero-order valence-corrected chi connectivity index (χ0v) is 17.7. The molecular formula is C22H28N2O2S. The van der Waals surface area contributed by atoms with Gasteiger partial charge in [0.2, 0.25) is 10.0 Å². The van der Waals surface area contributed by atoms with Crippen LogP contribution in [0.5, 0.6) is 0 Å². The lowest BCUT2D eigenvalue weighted by Crippen LogP contribution is -2.35. The molecule has 5 heteroatoms. The highest BCUT2D eigenvalue weighted by atomic mass is 32.2. The molecule has 27 heavy (non-hydrogen) atoms. The zero-order chi connectivity index (χ0) is 19.9. The van der Waals surface area contributed by atoms with Gasteiger partial charge < -0.3 is 4.98 Å². The van der Waals surface area contributed by atoms with Gasteiger partial charge in [-0.15, -0.1) is 0 Å². The molecule has 0 amide bonds. The first-order valence-electron chi connectivity index (χ1n) is 9.27. The van der Waals surface area contributed by atoms with Crippen molar-refractivity contribution < 1.29 is 8.42 Å². The van der Waals surface area contributed by atoms with Crippen molar-refractivity contribution in [3.63, 3.8) is 0 Å². The van der Waals surface area contributed by atoms with Crippen molar-refractivity contribution in [3.8, 4) is 0 Å². The van der Waals surface area contributed by atoms with E-state index < -0.39 is 10.0 Å². The molecule has 1 atom stereocenters. The number of aromatic nitrogens is 1. The molecule has 2 aromatic carbocycles. The Morgan fingerprint density at radius 2 is 1.48 bits per heavy atom. The number of H-pyrrole nitrogens is 1. The second kappa shape index (κ2) is 7.13. The third-order valence-electron chi connectivity index (χ3n) is 5.76. The normalized spacial score (nSPS) is 13.3. The van der Waals surface area contributed by atoms with Crippen LogP contribution in [-0.4, -0.2) is 19.4 Å². The number of hydrogen-bond donors (Lipinski definition) is 2. The van der Waals surface area contributed by atoms with E-state index in [0.29, 0.717) is 11.3 Å². The van der Waals surface area contributed by atoms with E-state index in [9.17, 15) is 8.42 Å². The molecule has 3 aromatic rings. The van der Waals surface area contributed by atoms with Gasteiger partial charge in [0, 0.05) is 23.1 Å². The van der Waals surface area contributed by atoms with Gasteiger partial charge in [0.1, 0.15) is 0 Å². The maximum atomic E-state index is 13.2. The average Bonchev–Trinajstić information content (AvgIpc) is 3.00. The van der Waals surface area contributed by atoms with Crippen LogP contribution in [0.15, 0.2) is 35.4 Å². The molecule has 0 aliphatic heterocycles. The molecule has 0 bridgehead atoms. The number of para-hydroxylation sites is 1. The topological polar surface area (TPSA) is 62.0 Å². The second-order valence-corrected chi connectivity index (χ2v) is 9.19. The molecule has 0 spiro atoms. The van der Waals surface area contributed by atoms with Crippen LogP contribution in [0.1, 0.15) is 40.3 Å². The van der Waals surface area contributed by atoms with Crippen LogP contribution >= 0.6 is 0 Å². The molecule has 2 N–H and O–H groups in total. The summed E-state index contributed by atoms with van der Waals surface area (Å²) in [6, 6.07) is 7.86. The first-order chi connectivity index (χ1) is 12.6. The van der Waals surface area contributed by atoms with Crippen LogP contribution in [-0.2, 0) is 16.4 Å². The van der Waals surface area contributed by atoms with Crippen molar-refractivity contribution in [2.45, 2.75) is 58.9 Å². The van der Waals surface area contributed by atoms with Crippen molar-refractivity contribution in [3.05, 3.63) is 63.8 Å². The Bertz CT molecular complexity index is 1080. The second-order valence-electron chi connectivity index (χ2n) is 7.54. The minimum atomic E-state index is -3.60. The molecule has 1 aromatic heterocycles. The van der Waals surface area contributed by atoms with Crippen molar-refractivity contribution in [2.75, 3.05) is 0 Å². The van der Waals surface area contributed by atoms with Gasteiger partial charge in [-0.25, -0.2) is 13.1 Å². The van der Waals surface area contributed by atoms with Crippen LogP contribution in [0.25, 0.3) is 10.9 Å². The summed E-state index contributed by atoms with van der Waals surface area (Å²) in [7, 11) is -3.60. The predicted molar refractivity (Wildman–Crippen MR) is 112 cm³/mol. The summed E-state index contributed by atoms with van der Waals surface area (Å²) in [6.45, 7) is 11.7. The Morgan fingerprint density at radius 1 is 0.926 bits per heavy atom. The number of fused-ring (bicyclic) bond motifs is 1. The standard InChI is InChI=1S/C22H28N2O2S/c1-13(11-19-12-23-21-10-8-7-9-20(19)21)24-27(25,26)22-17(5)15(3)14(2)16(4)18(22)6/h7-10,12-13,23-24H,11H2,1-6H3. The fraction of sp³-hybridized carbons (Fsp3) is 0.364. The van der Waals surface area contributed by atoms with Gasteiger partial charge in [0.25, 0.3) is 0 Å². The molecule has 4 nitrogen and oxygen atoms in total. The van der Waals surface area contributed by atoms with Crippen LogP contribution in [0.4, 0.5) is 0 Å². The minimum absolute atomic E-state index is 0.213. The molecule has 0 aliphatic carbocycles. The fourth-order valence-corrected chi connectivity index (χ4v) is 5.71. The van der Waals surface area contributed by atoms with Crippen LogP contribution < -0.4 is 4.72 Å². The summed E-state index contributed by atoms with van der Waals surface area (Å²) in [6.07, 6.45) is 2.59. The lowest BCUT2D eigenvalue weighted by atomic mass is 9.95. The summed E-state index contributed by atoms with van der Waals surface area (Å²) in [5, 5.41) is 1.14. The predicted octanol–water partition coefficient (Wildman–Crippen LogP) is 4.62. The maximum absolute atomic E-state index is 13.2. The van der Waals surface area contributed by atoms with Crippen LogP contribution in [0.2, 0.25) is 0 Å². The Morgan fingerprint density at radius 3 is 2.11 bits per heavy atom. The molecular weight excluding hydrogens is 356 g/mol. The van der Waals surface area contributed by atoms with E-state index >= 15 is 0 Å². The van der Waals surface area contributed by atoms with Crippen molar-refractivity contribution >= 4 is 20.9 Å². The summed E-state index contributed by atoms with van der Waals surface area (Å²) in [5.41, 5.74) is 7.11. The van der Waals surface area contributed by atoms with E-state index in [0.717, 1.165) is 44.3 Å². The highest BCUT2D eigenvalue weighted by Crippen LogP contribution is 2.29. The van der Waals surface area contributed by atoms with Gasteiger partial charge >= 0.3 is 0 Å². The van der Waals surface area contributed by atoms with Crippen molar-refractivity contribution in [1.29, 1.82) is 0 Å². The number of sulfonamides is 1. The molecule has 3 rings (SSSR count). The molecule has 1 unspecified atom stereocenters. The summed E-state index contributed by atoms with van der Waals surface area (Å²) >= 11 is 0. The summed E-state index contributed by atoms with van der Waals surface area (Å²) in [4.78, 5) is 3.68. The van der Waals surface area contributed by atoms with E-state index in [-0.39, 0.29) is 6.04 Å². The summed E-state index contributed by atoms with van der Waals surface area (Å²) in [5.74, 6) is 0. The van der Waals surface area contributed by atoms with Crippen LogP contribution in [0, 0.1) is 34.6 Å². The highest BCUT2D eigenvalue weighted by Gasteiger charge is 2.25. The molecule has 0 radical (unpaired) electrons. The van der Waals surface area contributed by atoms with Gasteiger partial charge in [-0.3, -0.25) is 0 Å². The number of hydrogen-bond acceptors (Lipinski definition) is 2. The lowest BCUT2D eigenvalue weighted by molar-refractivity contribution is 0.558. The Hall–Kier alpha value is -2.11. The van der Waals surface area contributed by atoms with Gasteiger partial charge in [-0.05, 0) is 87.4 Å². The monoisotopic (exact) mass is 384 g/mol. The molecule has 1 heterocycles. The largest absolute Gasteiger partial charge is 0.361 e. The van der Waals surface area contributed by atoms with E-state index in [1.807, 2.05) is 65.9 Å². The number of benzene rings is 2. The highest BCUT2D eigenvalue weighted by molar-refractivity contribution is 7.89. The third kappa shape index (κ3) is 3.54. The average molecular weight is 385 g/mol. The number of nitrogens with one attached hydrogen (secondary N) is 2. The van der Waals surface area contributed by atoms with Crippen molar-refractivity contribution in [2.24, 2.45) is 0 Å². The number of rotatable bonds is 5. The van der Waals surface area contributed by atoms with Gasteiger partial charge in [0.15, 0.2) is 0 Å². The van der Waals surface area contributed by atoms with Gasteiger partial charge in [-0.2, -0.15) is 0 Å². The molecule has 144 valence electrons. The fourth-order valence-electron chi connectivity index (χ4n) is 3.86. The molecule has 0 saturated carbocycles. The SMILES string of the molecule is Cc1c(C)c(C)c(S(=O)(=O)NC(C)Cc2c[nH]c3ccccc23)c(C)c1C. The maximum Gasteiger partial charge on any atom is 0.241 e. The molecule has 0 saturated heterocycles. The smallest absolute Gasteiger partial charge is 0.241 e. The lowest BCUT2D eigenvalue weighted by Gasteiger charge is -2.21. The minimum Gasteiger partial charge on any atom is -0.361 e. The molecule has 0 aliphatic rings. The third-order valence-corrected chi connectivity index (χ3v) is 7.62.